The number of hydrogen-bond donors (Lipinski definition) is 5. The molecule has 1 aromatic carbocycles. The first-order valence-electron chi connectivity index (χ1n) is 9.24. The quantitative estimate of drug-likeness (QED) is 0.231. The second-order valence-corrected chi connectivity index (χ2v) is 8.53. The van der Waals surface area contributed by atoms with Crippen LogP contribution in [0.3, 0.4) is 0 Å². The maximum atomic E-state index is 12.3. The first kappa shape index (κ1) is 22.3. The molecule has 0 bridgehead atoms. The van der Waals surface area contributed by atoms with Crippen LogP contribution in [0.1, 0.15) is 26.7 Å². The van der Waals surface area contributed by atoms with E-state index in [9.17, 15) is 19.5 Å². The zero-order chi connectivity index (χ0) is 21.4. The van der Waals surface area contributed by atoms with E-state index in [2.05, 4.69) is 0 Å². The second kappa shape index (κ2) is 7.82. The molecule has 1 fully saturated rings. The van der Waals surface area contributed by atoms with Crippen molar-refractivity contribution in [1.82, 2.24) is 0 Å². The average molecular weight is 396 g/mol. The zero-order valence-electron chi connectivity index (χ0n) is 16.5. The fraction of sp³-hybridized carbons (Fsp3) is 0.706. The number of likely N-dealkylation sites (N-methyl/N-ethyl adjacent to an activating group) is 1. The molecule has 1 heterocycles. The van der Waals surface area contributed by atoms with E-state index in [-0.39, 0.29) is 30.8 Å². The lowest BCUT2D eigenvalue weighted by Crippen LogP contribution is -2.55. The maximum absolute atomic E-state index is 12.3. The van der Waals surface area contributed by atoms with E-state index in [0.29, 0.717) is 19.4 Å². The van der Waals surface area contributed by atoms with Crippen molar-refractivity contribution >= 4 is 24.5 Å². The predicted octanol–water partition coefficient (Wildman–Crippen LogP) is -2.07. The number of carboxylic acid groups (broad SMARTS) is 1. The highest BCUT2D eigenvalue weighted by atomic mass is 16.4. The number of hydrogen-bond acceptors (Lipinski definition) is 9. The minimum atomic E-state index is -1.59. The van der Waals surface area contributed by atoms with Crippen molar-refractivity contribution in [3.63, 3.8) is 0 Å². The molecule has 1 aromatic rings. The molecule has 1 aliphatic heterocycles. The monoisotopic (exact) mass is 396 g/mol. The van der Waals surface area contributed by atoms with Crippen molar-refractivity contribution in [3.05, 3.63) is 20.4 Å². The maximum Gasteiger partial charge on any atom is 0.451 e. The average Bonchev–Trinajstić information content (AvgIpc) is 2.87. The molecule has 0 aliphatic carbocycles. The van der Waals surface area contributed by atoms with Gasteiger partial charge in [-0.1, -0.05) is 6.42 Å². The molecule has 7 N–H and O–H groups in total. The third-order valence-corrected chi connectivity index (χ3v) is 5.24. The molecule has 0 saturated carbocycles. The number of nitrogens with two attached hydrogens (primary N) is 2. The molecule has 2 rings (SSSR count). The van der Waals surface area contributed by atoms with E-state index >= 15 is 0 Å². The zero-order valence-corrected chi connectivity index (χ0v) is 16.5. The summed E-state index contributed by atoms with van der Waals surface area (Å²) >= 11 is 0. The van der Waals surface area contributed by atoms with Gasteiger partial charge in [-0.3, -0.25) is 14.4 Å². The lowest BCUT2D eigenvalue weighted by molar-refractivity contribution is -0.144. The van der Waals surface area contributed by atoms with E-state index in [1.165, 1.54) is 0 Å². The van der Waals surface area contributed by atoms with Crippen LogP contribution < -0.4 is 32.1 Å². The minimum Gasteiger partial charge on any atom is -0.480 e. The minimum absolute atomic E-state index is 0.103. The molecule has 0 unspecified atom stereocenters. The Balaban J connectivity index is 2.27. The van der Waals surface area contributed by atoms with Gasteiger partial charge in [0, 0.05) is 38.1 Å². The van der Waals surface area contributed by atoms with Crippen LogP contribution in [0.15, 0.2) is 9.59 Å². The van der Waals surface area contributed by atoms with Gasteiger partial charge < -0.3 is 36.4 Å². The first-order valence-corrected chi connectivity index (χ1v) is 9.24. The molecule has 0 spiro atoms. The van der Waals surface area contributed by atoms with Crippen LogP contribution >= 0.6 is 0 Å². The van der Waals surface area contributed by atoms with Crippen LogP contribution in [0.25, 0.3) is 0 Å². The van der Waals surface area contributed by atoms with Crippen LogP contribution in [0, 0.1) is 5.92 Å². The summed E-state index contributed by atoms with van der Waals surface area (Å²) in [7, 11) is 0.195. The lowest BCUT2D eigenvalue weighted by atomic mass is 9.78. The van der Waals surface area contributed by atoms with Gasteiger partial charge in [-0.05, 0) is 26.6 Å². The highest BCUT2D eigenvalue weighted by molar-refractivity contribution is 6.40. The number of nitrogens with zero attached hydrogens (tertiary/aromatic N) is 2. The molecule has 0 aromatic heterocycles. The van der Waals surface area contributed by atoms with Crippen LogP contribution in [0.4, 0.5) is 11.4 Å². The highest BCUT2D eigenvalue weighted by Crippen LogP contribution is 2.36. The van der Waals surface area contributed by atoms with E-state index in [0.717, 1.165) is 0 Å². The van der Waals surface area contributed by atoms with Crippen LogP contribution in [0.5, 0.6) is 0 Å². The largest absolute Gasteiger partial charge is 0.480 e. The van der Waals surface area contributed by atoms with Crippen molar-refractivity contribution in [1.29, 1.82) is 0 Å². The lowest BCUT2D eigenvalue weighted by Gasteiger charge is -2.32. The topological polar surface area (TPSA) is 170 Å². The smallest absolute Gasteiger partial charge is 0.451 e. The molecule has 28 heavy (non-hydrogen) atoms. The Kier molecular flexibility index (Phi) is 6.24. The van der Waals surface area contributed by atoms with Crippen molar-refractivity contribution in [2.24, 2.45) is 17.4 Å². The summed E-state index contributed by atoms with van der Waals surface area (Å²) in [4.78, 5) is 39.4. The summed E-state index contributed by atoms with van der Waals surface area (Å²) in [5.74, 6) is -1.70. The Morgan fingerprint density at radius 2 is 1.96 bits per heavy atom. The summed E-state index contributed by atoms with van der Waals surface area (Å²) in [6.45, 7) is 4.02. The van der Waals surface area contributed by atoms with Gasteiger partial charge in [0.15, 0.2) is 0 Å². The summed E-state index contributed by atoms with van der Waals surface area (Å²) in [6.07, 6.45) is 0.835. The third-order valence-electron chi connectivity index (χ3n) is 5.24. The Morgan fingerprint density at radius 1 is 1.36 bits per heavy atom. The Hall–Kier alpha value is -1.95. The predicted molar refractivity (Wildman–Crippen MR) is 107 cm³/mol. The van der Waals surface area contributed by atoms with Gasteiger partial charge in [0.05, 0.1) is 0 Å². The number of rotatable bonds is 9. The van der Waals surface area contributed by atoms with E-state index in [1.54, 1.807) is 30.7 Å². The Morgan fingerprint density at radius 3 is 2.46 bits per heavy atom. The number of anilines is 2. The molecule has 11 heteroatoms. The van der Waals surface area contributed by atoms with Crippen molar-refractivity contribution in [3.8, 4) is 0 Å². The first-order chi connectivity index (χ1) is 12.8. The molecular formula is C17H29BN4O6. The molecule has 0 amide bonds. The molecule has 1 saturated heterocycles. The van der Waals surface area contributed by atoms with Gasteiger partial charge in [-0.2, -0.15) is 0 Å². The van der Waals surface area contributed by atoms with E-state index < -0.39 is 40.9 Å². The number of carboxylic acids is 1. The summed E-state index contributed by atoms with van der Waals surface area (Å²) in [6, 6.07) is 0. The molecule has 2 atom stereocenters. The van der Waals surface area contributed by atoms with Gasteiger partial charge in [-0.15, -0.1) is 0 Å². The molecule has 156 valence electrons. The van der Waals surface area contributed by atoms with Crippen molar-refractivity contribution in [2.45, 2.75) is 44.1 Å². The molecule has 1 aliphatic rings. The summed E-state index contributed by atoms with van der Waals surface area (Å²) in [5.41, 5.74) is 9.10. The standard InChI is InChI=1S/C17H29BN4O6/c1-16(2,19)8-21(3)11-12(14(24)13(11)23)22-7-10(5-4-6-18(27)28)17(20,9-22)15(25)26/h10,27-28H,4-9,19-20H2,1-3H3,(H,25,26)/t10-,17-/m0/s1. The van der Waals surface area contributed by atoms with Crippen LogP contribution in [-0.4, -0.2) is 66.0 Å². The molecule has 0 radical (unpaired) electrons. The molecule has 10 nitrogen and oxygen atoms in total. The molecular weight excluding hydrogens is 367 g/mol. The summed E-state index contributed by atoms with van der Waals surface area (Å²) in [5, 5.41) is 27.6. The van der Waals surface area contributed by atoms with Gasteiger partial charge >= 0.3 is 13.1 Å². The Bertz CT molecular complexity index is 801. The summed E-state index contributed by atoms with van der Waals surface area (Å²) < 4.78 is 0. The second-order valence-electron chi connectivity index (χ2n) is 8.53. The normalized spacial score (nSPS) is 22.7. The third kappa shape index (κ3) is 4.38. The number of aliphatic carboxylic acids is 1. The van der Waals surface area contributed by atoms with Crippen LogP contribution in [0.2, 0.25) is 6.32 Å². The van der Waals surface area contributed by atoms with Crippen molar-refractivity contribution in [2.75, 3.05) is 36.5 Å². The SMILES string of the molecule is CN(CC(C)(C)N)c1c(N2C[C@H](CCCB(O)O)[C@](N)(C(=O)O)C2)c(=O)c1=O. The van der Waals surface area contributed by atoms with Crippen molar-refractivity contribution < 1.29 is 19.9 Å². The van der Waals surface area contributed by atoms with Gasteiger partial charge in [0.25, 0.3) is 10.9 Å². The van der Waals surface area contributed by atoms with Gasteiger partial charge in [0.2, 0.25) is 0 Å². The fourth-order valence-corrected chi connectivity index (χ4v) is 3.95. The number of carbonyl (C=O) groups is 1. The van der Waals surface area contributed by atoms with E-state index in [4.69, 9.17) is 21.5 Å². The highest BCUT2D eigenvalue weighted by Gasteiger charge is 2.51. The fourth-order valence-electron chi connectivity index (χ4n) is 3.95. The van der Waals surface area contributed by atoms with E-state index in [1.807, 2.05) is 0 Å². The van der Waals surface area contributed by atoms with Gasteiger partial charge in [-0.25, -0.2) is 0 Å². The van der Waals surface area contributed by atoms with Gasteiger partial charge in [0.1, 0.15) is 16.9 Å². The Labute approximate surface area is 163 Å². The van der Waals surface area contributed by atoms with Crippen LogP contribution in [-0.2, 0) is 4.79 Å².